The van der Waals surface area contributed by atoms with Crippen molar-refractivity contribution >= 4 is 11.6 Å². The molecule has 1 amide bonds. The Bertz CT molecular complexity index is 553. The van der Waals surface area contributed by atoms with Crippen molar-refractivity contribution in [3.63, 3.8) is 0 Å². The maximum Gasteiger partial charge on any atom is 0.234 e. The van der Waals surface area contributed by atoms with Gasteiger partial charge >= 0.3 is 0 Å². The molecule has 1 aromatic rings. The van der Waals surface area contributed by atoms with E-state index in [9.17, 15) is 4.79 Å². The van der Waals surface area contributed by atoms with Gasteiger partial charge in [0.15, 0.2) is 0 Å². The monoisotopic (exact) mass is 285 g/mol. The van der Waals surface area contributed by atoms with Crippen LogP contribution in [-0.4, -0.2) is 19.5 Å². The van der Waals surface area contributed by atoms with Crippen LogP contribution < -0.4 is 10.6 Å². The van der Waals surface area contributed by atoms with Gasteiger partial charge < -0.3 is 10.6 Å². The summed E-state index contributed by atoms with van der Waals surface area (Å²) in [6.45, 7) is 2.62. The van der Waals surface area contributed by atoms with Gasteiger partial charge in [-0.15, -0.1) is 0 Å². The predicted molar refractivity (Wildman–Crippen MR) is 83.7 cm³/mol. The fourth-order valence-electron chi connectivity index (χ4n) is 3.08. The number of amides is 1. The number of hydrogen-bond acceptors (Lipinski definition) is 3. The first kappa shape index (κ1) is 15.5. The van der Waals surface area contributed by atoms with Crippen LogP contribution in [0.5, 0.6) is 0 Å². The van der Waals surface area contributed by atoms with E-state index in [1.54, 1.807) is 30.1 Å². The molecule has 1 fully saturated rings. The summed E-state index contributed by atoms with van der Waals surface area (Å²) in [6.07, 6.45) is 3.81. The topological polar surface area (TPSA) is 70.1 Å². The highest BCUT2D eigenvalue weighted by atomic mass is 16.2. The standard InChI is InChI=1S/C17H23N3O/c1-13-6-8-17(12-19,9-7-13)16(21)20(2)15-5-3-4-14(10-15)11-18/h3-5,10,13H,6-9,12,19H2,1-2H3. The Kier molecular flexibility index (Phi) is 4.64. The molecule has 1 aliphatic rings. The van der Waals surface area contributed by atoms with Crippen LogP contribution in [-0.2, 0) is 4.79 Å². The van der Waals surface area contributed by atoms with Crippen molar-refractivity contribution in [1.82, 2.24) is 0 Å². The summed E-state index contributed by atoms with van der Waals surface area (Å²) in [5.74, 6) is 0.747. The van der Waals surface area contributed by atoms with Crippen molar-refractivity contribution < 1.29 is 4.79 Å². The Morgan fingerprint density at radius 1 is 1.48 bits per heavy atom. The summed E-state index contributed by atoms with van der Waals surface area (Å²) in [5.41, 5.74) is 6.83. The molecule has 0 heterocycles. The van der Waals surface area contributed by atoms with Crippen molar-refractivity contribution in [3.8, 4) is 6.07 Å². The van der Waals surface area contributed by atoms with Gasteiger partial charge in [0.25, 0.3) is 0 Å². The second-order valence-corrected chi connectivity index (χ2v) is 6.19. The first-order chi connectivity index (χ1) is 10.0. The Morgan fingerprint density at radius 2 is 2.14 bits per heavy atom. The fraction of sp³-hybridized carbons (Fsp3) is 0.529. The Hall–Kier alpha value is -1.86. The van der Waals surface area contributed by atoms with Gasteiger partial charge in [-0.3, -0.25) is 4.79 Å². The molecule has 1 saturated carbocycles. The van der Waals surface area contributed by atoms with Gasteiger partial charge in [0.1, 0.15) is 0 Å². The van der Waals surface area contributed by atoms with Crippen LogP contribution in [0.1, 0.15) is 38.2 Å². The highest BCUT2D eigenvalue weighted by Gasteiger charge is 2.41. The summed E-state index contributed by atoms with van der Waals surface area (Å²) >= 11 is 0. The minimum Gasteiger partial charge on any atom is -0.329 e. The number of nitrogens with two attached hydrogens (primary N) is 1. The third kappa shape index (κ3) is 3.08. The fourth-order valence-corrected chi connectivity index (χ4v) is 3.08. The molecule has 0 radical (unpaired) electrons. The van der Waals surface area contributed by atoms with E-state index in [4.69, 9.17) is 11.0 Å². The zero-order valence-corrected chi connectivity index (χ0v) is 12.8. The molecule has 0 bridgehead atoms. The molecule has 4 heteroatoms. The number of carbonyl (C=O) groups excluding carboxylic acids is 1. The molecule has 2 rings (SSSR count). The Balaban J connectivity index is 2.23. The van der Waals surface area contributed by atoms with Gasteiger partial charge in [-0.1, -0.05) is 13.0 Å². The average Bonchev–Trinajstić information content (AvgIpc) is 2.54. The van der Waals surface area contributed by atoms with E-state index in [0.717, 1.165) is 31.4 Å². The quantitative estimate of drug-likeness (QED) is 0.928. The van der Waals surface area contributed by atoms with E-state index >= 15 is 0 Å². The SMILES string of the molecule is CC1CCC(CN)(C(=O)N(C)c2cccc(C#N)c2)CC1. The van der Waals surface area contributed by atoms with Crippen molar-refractivity contribution in [2.75, 3.05) is 18.5 Å². The molecule has 4 nitrogen and oxygen atoms in total. The number of nitrogens with zero attached hydrogens (tertiary/aromatic N) is 2. The van der Waals surface area contributed by atoms with E-state index in [1.165, 1.54) is 0 Å². The molecule has 0 atom stereocenters. The van der Waals surface area contributed by atoms with Crippen molar-refractivity contribution in [2.24, 2.45) is 17.1 Å². The van der Waals surface area contributed by atoms with Gasteiger partial charge in [-0.25, -0.2) is 0 Å². The van der Waals surface area contributed by atoms with Crippen molar-refractivity contribution in [3.05, 3.63) is 29.8 Å². The van der Waals surface area contributed by atoms with E-state index in [1.807, 2.05) is 6.07 Å². The van der Waals surface area contributed by atoms with E-state index in [0.29, 0.717) is 18.0 Å². The average molecular weight is 285 g/mol. The van der Waals surface area contributed by atoms with Gasteiger partial charge in [0, 0.05) is 19.3 Å². The highest BCUT2D eigenvalue weighted by molar-refractivity contribution is 5.97. The van der Waals surface area contributed by atoms with Crippen LogP contribution in [0.2, 0.25) is 0 Å². The molecule has 21 heavy (non-hydrogen) atoms. The van der Waals surface area contributed by atoms with Crippen molar-refractivity contribution in [2.45, 2.75) is 32.6 Å². The minimum absolute atomic E-state index is 0.0759. The third-order valence-corrected chi connectivity index (χ3v) is 4.74. The number of rotatable bonds is 3. The van der Waals surface area contributed by atoms with E-state index in [2.05, 4.69) is 13.0 Å². The minimum atomic E-state index is -0.441. The molecule has 0 unspecified atom stereocenters. The van der Waals surface area contributed by atoms with Gasteiger partial charge in [0.05, 0.1) is 17.0 Å². The smallest absolute Gasteiger partial charge is 0.234 e. The lowest BCUT2D eigenvalue weighted by Gasteiger charge is -2.39. The van der Waals surface area contributed by atoms with Crippen LogP contribution in [0.25, 0.3) is 0 Å². The maximum atomic E-state index is 12.9. The molecule has 1 aliphatic carbocycles. The number of benzene rings is 1. The largest absolute Gasteiger partial charge is 0.329 e. The lowest BCUT2D eigenvalue weighted by Crippen LogP contribution is -2.48. The second kappa shape index (κ2) is 6.28. The van der Waals surface area contributed by atoms with Crippen LogP contribution in [0, 0.1) is 22.7 Å². The van der Waals surface area contributed by atoms with Gasteiger partial charge in [-0.2, -0.15) is 5.26 Å². The summed E-state index contributed by atoms with van der Waals surface area (Å²) in [4.78, 5) is 14.6. The summed E-state index contributed by atoms with van der Waals surface area (Å²) < 4.78 is 0. The lowest BCUT2D eigenvalue weighted by atomic mass is 9.70. The van der Waals surface area contributed by atoms with Gasteiger partial charge in [-0.05, 0) is 49.8 Å². The molecular formula is C17H23N3O. The molecule has 1 aromatic carbocycles. The van der Waals surface area contributed by atoms with Crippen LogP contribution >= 0.6 is 0 Å². The molecule has 0 aliphatic heterocycles. The lowest BCUT2D eigenvalue weighted by molar-refractivity contribution is -0.129. The number of anilines is 1. The second-order valence-electron chi connectivity index (χ2n) is 6.19. The number of carbonyl (C=O) groups is 1. The molecule has 0 saturated heterocycles. The molecule has 2 N–H and O–H groups in total. The predicted octanol–water partition coefficient (Wildman–Crippen LogP) is 2.68. The van der Waals surface area contributed by atoms with Crippen LogP contribution in [0.3, 0.4) is 0 Å². The van der Waals surface area contributed by atoms with Crippen molar-refractivity contribution in [1.29, 1.82) is 5.26 Å². The summed E-state index contributed by atoms with van der Waals surface area (Å²) in [7, 11) is 1.77. The molecule has 0 spiro atoms. The zero-order valence-electron chi connectivity index (χ0n) is 12.8. The Morgan fingerprint density at radius 3 is 2.71 bits per heavy atom. The molecule has 112 valence electrons. The molecule has 0 aromatic heterocycles. The van der Waals surface area contributed by atoms with E-state index in [-0.39, 0.29) is 5.91 Å². The summed E-state index contributed by atoms with van der Waals surface area (Å²) in [5, 5.41) is 8.98. The highest BCUT2D eigenvalue weighted by Crippen LogP contribution is 2.40. The van der Waals surface area contributed by atoms with E-state index < -0.39 is 5.41 Å². The first-order valence-corrected chi connectivity index (χ1v) is 7.51. The number of nitriles is 1. The first-order valence-electron chi connectivity index (χ1n) is 7.51. The normalized spacial score (nSPS) is 25.1. The maximum absolute atomic E-state index is 12.9. The summed E-state index contributed by atoms with van der Waals surface area (Å²) in [6, 6.07) is 9.25. The molecular weight excluding hydrogens is 262 g/mol. The number of hydrogen-bond donors (Lipinski definition) is 1. The van der Waals surface area contributed by atoms with Crippen LogP contribution in [0.15, 0.2) is 24.3 Å². The zero-order chi connectivity index (χ0) is 15.5. The third-order valence-electron chi connectivity index (χ3n) is 4.74. The van der Waals surface area contributed by atoms with Gasteiger partial charge in [0.2, 0.25) is 5.91 Å². The van der Waals surface area contributed by atoms with Crippen LogP contribution in [0.4, 0.5) is 5.69 Å². The Labute approximate surface area is 126 Å².